The van der Waals surface area contributed by atoms with E-state index in [1.807, 2.05) is 12.4 Å². The largest absolute Gasteiger partial charge is 0.379 e. The molecular formula is C12H22N2O. The molecule has 3 heteroatoms. The summed E-state index contributed by atoms with van der Waals surface area (Å²) >= 11 is 0. The Labute approximate surface area is 92.2 Å². The van der Waals surface area contributed by atoms with Gasteiger partial charge in [0, 0.05) is 32.1 Å². The Hall–Kier alpha value is -0.800. The molecule has 0 saturated carbocycles. The topological polar surface area (TPSA) is 37.0 Å². The van der Waals surface area contributed by atoms with Crippen molar-refractivity contribution < 1.29 is 4.74 Å². The van der Waals surface area contributed by atoms with Crippen molar-refractivity contribution in [3.63, 3.8) is 0 Å². The highest BCUT2D eigenvalue weighted by Gasteiger charge is 2.19. The number of hydrogen-bond acceptors (Lipinski definition) is 2. The zero-order chi connectivity index (χ0) is 11.3. The molecule has 2 N–H and O–H groups in total. The predicted octanol–water partition coefficient (Wildman–Crippen LogP) is 2.31. The van der Waals surface area contributed by atoms with Crippen LogP contribution >= 0.6 is 0 Å². The van der Waals surface area contributed by atoms with E-state index in [-0.39, 0.29) is 5.60 Å². The molecule has 0 aliphatic rings. The second kappa shape index (κ2) is 5.33. The Bertz CT molecular complexity index is 267. The van der Waals surface area contributed by atoms with Gasteiger partial charge in [-0.15, -0.1) is 0 Å². The van der Waals surface area contributed by atoms with Crippen molar-refractivity contribution in [1.82, 2.24) is 10.3 Å². The number of ether oxygens (including phenoxy) is 1. The van der Waals surface area contributed by atoms with Gasteiger partial charge in [-0.2, -0.15) is 0 Å². The van der Waals surface area contributed by atoms with Crippen molar-refractivity contribution in [3.05, 3.63) is 24.0 Å². The van der Waals surface area contributed by atoms with Crippen LogP contribution in [0.2, 0.25) is 0 Å². The predicted molar refractivity (Wildman–Crippen MR) is 62.8 cm³/mol. The summed E-state index contributed by atoms with van der Waals surface area (Å²) in [6.45, 7) is 7.32. The number of H-pyrrole nitrogens is 1. The standard InChI is InChI=1S/C12H22N2O/c1-10(7-12(2,3)15-4)14-9-11-5-6-13-8-11/h5-6,8,10,13-14H,7,9H2,1-4H3. The molecule has 15 heavy (non-hydrogen) atoms. The van der Waals surface area contributed by atoms with Gasteiger partial charge in [0.15, 0.2) is 0 Å². The number of aromatic nitrogens is 1. The van der Waals surface area contributed by atoms with E-state index in [0.29, 0.717) is 6.04 Å². The lowest BCUT2D eigenvalue weighted by Crippen LogP contribution is -2.35. The van der Waals surface area contributed by atoms with Crippen LogP contribution in [0.15, 0.2) is 18.5 Å². The van der Waals surface area contributed by atoms with E-state index in [2.05, 4.69) is 37.1 Å². The van der Waals surface area contributed by atoms with E-state index in [9.17, 15) is 0 Å². The first-order chi connectivity index (χ1) is 7.03. The van der Waals surface area contributed by atoms with E-state index in [1.165, 1.54) is 5.56 Å². The number of rotatable bonds is 6. The van der Waals surface area contributed by atoms with E-state index < -0.39 is 0 Å². The summed E-state index contributed by atoms with van der Waals surface area (Å²) in [5.41, 5.74) is 1.24. The van der Waals surface area contributed by atoms with Gasteiger partial charge in [0.1, 0.15) is 0 Å². The van der Waals surface area contributed by atoms with Crippen LogP contribution < -0.4 is 5.32 Å². The number of nitrogens with one attached hydrogen (secondary N) is 2. The van der Waals surface area contributed by atoms with Crippen LogP contribution in [0.4, 0.5) is 0 Å². The minimum absolute atomic E-state index is 0.0510. The van der Waals surface area contributed by atoms with Crippen LogP contribution in [-0.4, -0.2) is 23.7 Å². The highest BCUT2D eigenvalue weighted by molar-refractivity contribution is 5.07. The quantitative estimate of drug-likeness (QED) is 0.756. The molecule has 1 aromatic heterocycles. The van der Waals surface area contributed by atoms with Crippen LogP contribution in [0, 0.1) is 0 Å². The van der Waals surface area contributed by atoms with Crippen LogP contribution in [0.3, 0.4) is 0 Å². The second-order valence-corrected chi connectivity index (χ2v) is 4.67. The van der Waals surface area contributed by atoms with E-state index in [1.54, 1.807) is 7.11 Å². The highest BCUT2D eigenvalue weighted by Crippen LogP contribution is 2.15. The summed E-state index contributed by atoms with van der Waals surface area (Å²) in [6, 6.07) is 2.54. The van der Waals surface area contributed by atoms with Crippen molar-refractivity contribution in [2.24, 2.45) is 0 Å². The summed E-state index contributed by atoms with van der Waals surface area (Å²) in [5, 5.41) is 3.48. The number of methoxy groups -OCH3 is 1. The van der Waals surface area contributed by atoms with Crippen molar-refractivity contribution in [2.75, 3.05) is 7.11 Å². The Morgan fingerprint density at radius 2 is 2.27 bits per heavy atom. The fourth-order valence-corrected chi connectivity index (χ4v) is 1.65. The molecule has 1 aromatic rings. The minimum Gasteiger partial charge on any atom is -0.379 e. The minimum atomic E-state index is -0.0510. The molecule has 3 nitrogen and oxygen atoms in total. The molecule has 0 aromatic carbocycles. The molecule has 0 fully saturated rings. The third kappa shape index (κ3) is 4.49. The Morgan fingerprint density at radius 1 is 1.53 bits per heavy atom. The van der Waals surface area contributed by atoms with Gasteiger partial charge in [-0.3, -0.25) is 0 Å². The highest BCUT2D eigenvalue weighted by atomic mass is 16.5. The Balaban J connectivity index is 2.27. The van der Waals surface area contributed by atoms with Crippen molar-refractivity contribution in [2.45, 2.75) is 45.4 Å². The molecular weight excluding hydrogens is 188 g/mol. The van der Waals surface area contributed by atoms with Gasteiger partial charge in [-0.1, -0.05) is 0 Å². The lowest BCUT2D eigenvalue weighted by molar-refractivity contribution is 0.00845. The molecule has 1 unspecified atom stereocenters. The van der Waals surface area contributed by atoms with Gasteiger partial charge in [0.2, 0.25) is 0 Å². The van der Waals surface area contributed by atoms with Crippen LogP contribution in [0.25, 0.3) is 0 Å². The van der Waals surface area contributed by atoms with Crippen LogP contribution in [0.1, 0.15) is 32.8 Å². The monoisotopic (exact) mass is 210 g/mol. The van der Waals surface area contributed by atoms with Crippen molar-refractivity contribution in [1.29, 1.82) is 0 Å². The average Bonchev–Trinajstić information content (AvgIpc) is 2.66. The van der Waals surface area contributed by atoms with E-state index in [0.717, 1.165) is 13.0 Å². The summed E-state index contributed by atoms with van der Waals surface area (Å²) in [4.78, 5) is 3.05. The molecule has 1 heterocycles. The molecule has 0 aliphatic carbocycles. The smallest absolute Gasteiger partial charge is 0.0637 e. The zero-order valence-corrected chi connectivity index (χ0v) is 10.1. The van der Waals surface area contributed by atoms with E-state index in [4.69, 9.17) is 4.74 Å². The normalized spacial score (nSPS) is 14.1. The SMILES string of the molecule is COC(C)(C)CC(C)NCc1cc[nH]c1. The molecule has 0 radical (unpaired) electrons. The lowest BCUT2D eigenvalue weighted by Gasteiger charge is -2.27. The molecule has 1 rings (SSSR count). The van der Waals surface area contributed by atoms with Gasteiger partial charge in [-0.05, 0) is 38.8 Å². The molecule has 1 atom stereocenters. The average molecular weight is 210 g/mol. The molecule has 0 aliphatic heterocycles. The summed E-state index contributed by atoms with van der Waals surface area (Å²) in [5.74, 6) is 0. The van der Waals surface area contributed by atoms with Gasteiger partial charge in [0.05, 0.1) is 5.60 Å². The number of aromatic amines is 1. The van der Waals surface area contributed by atoms with E-state index >= 15 is 0 Å². The fourth-order valence-electron chi connectivity index (χ4n) is 1.65. The molecule has 0 spiro atoms. The molecule has 0 amide bonds. The third-order valence-corrected chi connectivity index (χ3v) is 2.67. The summed E-state index contributed by atoms with van der Waals surface area (Å²) in [6.07, 6.45) is 4.97. The summed E-state index contributed by atoms with van der Waals surface area (Å²) < 4.78 is 5.40. The zero-order valence-electron chi connectivity index (χ0n) is 10.1. The first-order valence-corrected chi connectivity index (χ1v) is 5.44. The first-order valence-electron chi connectivity index (χ1n) is 5.44. The number of hydrogen-bond donors (Lipinski definition) is 2. The maximum atomic E-state index is 5.40. The van der Waals surface area contributed by atoms with Gasteiger partial charge in [0.25, 0.3) is 0 Å². The Morgan fingerprint density at radius 3 is 2.80 bits per heavy atom. The van der Waals surface area contributed by atoms with Gasteiger partial charge in [-0.25, -0.2) is 0 Å². The second-order valence-electron chi connectivity index (χ2n) is 4.67. The van der Waals surface area contributed by atoms with Gasteiger partial charge >= 0.3 is 0 Å². The lowest BCUT2D eigenvalue weighted by atomic mass is 10.00. The third-order valence-electron chi connectivity index (χ3n) is 2.67. The van der Waals surface area contributed by atoms with Crippen LogP contribution in [-0.2, 0) is 11.3 Å². The summed E-state index contributed by atoms with van der Waals surface area (Å²) in [7, 11) is 1.76. The Kier molecular flexibility index (Phi) is 4.36. The molecule has 86 valence electrons. The molecule has 0 bridgehead atoms. The maximum absolute atomic E-state index is 5.40. The van der Waals surface area contributed by atoms with Gasteiger partial charge < -0.3 is 15.0 Å². The molecule has 0 saturated heterocycles. The van der Waals surface area contributed by atoms with Crippen molar-refractivity contribution >= 4 is 0 Å². The van der Waals surface area contributed by atoms with Crippen molar-refractivity contribution in [3.8, 4) is 0 Å². The first kappa shape index (κ1) is 12.3. The van der Waals surface area contributed by atoms with Crippen LogP contribution in [0.5, 0.6) is 0 Å². The fraction of sp³-hybridized carbons (Fsp3) is 0.667. The maximum Gasteiger partial charge on any atom is 0.0637 e.